The Morgan fingerprint density at radius 2 is 1.74 bits per heavy atom. The number of esters is 1. The third-order valence-corrected chi connectivity index (χ3v) is 10.5. The van der Waals surface area contributed by atoms with Gasteiger partial charge in [-0.3, -0.25) is 4.79 Å². The van der Waals surface area contributed by atoms with E-state index in [0.717, 1.165) is 82.0 Å². The molecule has 4 heterocycles. The van der Waals surface area contributed by atoms with Gasteiger partial charge in [0.2, 0.25) is 5.60 Å². The van der Waals surface area contributed by atoms with E-state index in [9.17, 15) is 14.7 Å². The first-order chi connectivity index (χ1) is 19.0. The van der Waals surface area contributed by atoms with Gasteiger partial charge in [0.1, 0.15) is 17.9 Å². The van der Waals surface area contributed by atoms with Gasteiger partial charge in [-0.05, 0) is 98.1 Å². The average molecular weight is 565 g/mol. The number of carbonyl (C=O) groups is 2. The molecule has 204 valence electrons. The number of carbonyl (C=O) groups excluding carboxylic acids is 2. The number of piperidine rings is 1. The first-order valence-corrected chi connectivity index (χ1v) is 15.3. The SMILES string of the molecule is O=Cc1ccc2c(c1)nnn2CCN1CCC2(CCC(OC(=O)C(O)(c3cccs3)c3cccs3)CC2)CC1. The summed E-state index contributed by atoms with van der Waals surface area (Å²) in [5, 5.41) is 23.8. The third-order valence-electron chi connectivity index (χ3n) is 8.54. The fraction of sp³-hybridized carbons (Fsp3) is 0.448. The van der Waals surface area contributed by atoms with E-state index in [4.69, 9.17) is 4.74 Å². The van der Waals surface area contributed by atoms with E-state index in [1.807, 2.05) is 33.6 Å². The highest BCUT2D eigenvalue weighted by molar-refractivity contribution is 7.12. The number of hydrogen-bond donors (Lipinski definition) is 1. The number of aldehydes is 1. The maximum absolute atomic E-state index is 13.3. The fourth-order valence-electron chi connectivity index (χ4n) is 6.06. The van der Waals surface area contributed by atoms with Crippen molar-refractivity contribution in [2.24, 2.45) is 5.41 Å². The van der Waals surface area contributed by atoms with Gasteiger partial charge in [-0.2, -0.15) is 0 Å². The van der Waals surface area contributed by atoms with E-state index in [-0.39, 0.29) is 6.10 Å². The Morgan fingerprint density at radius 3 is 2.36 bits per heavy atom. The van der Waals surface area contributed by atoms with Crippen LogP contribution < -0.4 is 0 Å². The molecule has 1 aliphatic heterocycles. The Labute approximate surface area is 235 Å². The zero-order valence-corrected chi connectivity index (χ0v) is 23.3. The van der Waals surface area contributed by atoms with E-state index in [1.165, 1.54) is 22.7 Å². The second kappa shape index (κ2) is 10.9. The second-order valence-electron chi connectivity index (χ2n) is 10.8. The lowest BCUT2D eigenvalue weighted by molar-refractivity contribution is -0.170. The summed E-state index contributed by atoms with van der Waals surface area (Å²) in [5.74, 6) is -0.564. The molecule has 0 unspecified atom stereocenters. The predicted octanol–water partition coefficient (Wildman–Crippen LogP) is 4.87. The van der Waals surface area contributed by atoms with Gasteiger partial charge in [-0.1, -0.05) is 17.3 Å². The normalized spacial score (nSPS) is 18.5. The van der Waals surface area contributed by atoms with Crippen LogP contribution in [0.2, 0.25) is 0 Å². The van der Waals surface area contributed by atoms with Crippen LogP contribution in [-0.4, -0.2) is 63.0 Å². The molecular formula is C29H32N4O4S2. The lowest BCUT2D eigenvalue weighted by Gasteiger charge is -2.46. The zero-order valence-electron chi connectivity index (χ0n) is 21.7. The van der Waals surface area contributed by atoms with Gasteiger partial charge in [0.25, 0.3) is 0 Å². The number of rotatable bonds is 8. The maximum Gasteiger partial charge on any atom is 0.349 e. The number of fused-ring (bicyclic) bond motifs is 1. The molecule has 0 bridgehead atoms. The number of likely N-dealkylation sites (tertiary alicyclic amines) is 1. The molecular weight excluding hydrogens is 532 g/mol. The standard InChI is InChI=1S/C29H32N4O4S2/c34-20-21-5-6-24-23(19-21)30-31-33(24)16-15-32-13-11-28(12-14-32)9-7-22(8-10-28)37-27(35)29(36,25-3-1-17-38-25)26-4-2-18-39-26/h1-6,17-20,22,36H,7-16H2. The van der Waals surface area contributed by atoms with E-state index >= 15 is 0 Å². The quantitative estimate of drug-likeness (QED) is 0.241. The minimum Gasteiger partial charge on any atom is -0.460 e. The molecule has 2 aliphatic rings. The molecule has 39 heavy (non-hydrogen) atoms. The number of aliphatic hydroxyl groups is 1. The molecule has 1 aromatic carbocycles. The van der Waals surface area contributed by atoms with Crippen LogP contribution in [-0.2, 0) is 21.7 Å². The molecule has 0 amide bonds. The molecule has 1 saturated carbocycles. The Kier molecular flexibility index (Phi) is 7.37. The topological polar surface area (TPSA) is 97.5 Å². The van der Waals surface area contributed by atoms with Gasteiger partial charge in [-0.15, -0.1) is 27.8 Å². The highest BCUT2D eigenvalue weighted by Crippen LogP contribution is 2.46. The molecule has 1 aliphatic carbocycles. The molecule has 0 radical (unpaired) electrons. The van der Waals surface area contributed by atoms with Crippen molar-refractivity contribution in [3.63, 3.8) is 0 Å². The van der Waals surface area contributed by atoms with E-state index in [0.29, 0.717) is 20.7 Å². The smallest absolute Gasteiger partial charge is 0.349 e. The number of thiophene rings is 2. The Hall–Kier alpha value is -2.92. The fourth-order valence-corrected chi connectivity index (χ4v) is 7.78. The van der Waals surface area contributed by atoms with Gasteiger partial charge in [0.15, 0.2) is 0 Å². The van der Waals surface area contributed by atoms with Gasteiger partial charge in [0, 0.05) is 12.1 Å². The van der Waals surface area contributed by atoms with Crippen molar-refractivity contribution in [2.45, 2.75) is 56.8 Å². The highest BCUT2D eigenvalue weighted by Gasteiger charge is 2.46. The van der Waals surface area contributed by atoms with Crippen LogP contribution in [0.15, 0.2) is 53.2 Å². The minimum absolute atomic E-state index is 0.159. The summed E-state index contributed by atoms with van der Waals surface area (Å²) in [6.07, 6.45) is 6.72. The van der Waals surface area contributed by atoms with E-state index < -0.39 is 11.6 Å². The van der Waals surface area contributed by atoms with Gasteiger partial charge in [0.05, 0.1) is 21.8 Å². The predicted molar refractivity (Wildman–Crippen MR) is 151 cm³/mol. The van der Waals surface area contributed by atoms with E-state index in [2.05, 4.69) is 15.2 Å². The average Bonchev–Trinajstić information content (AvgIpc) is 3.76. The zero-order chi connectivity index (χ0) is 26.9. The summed E-state index contributed by atoms with van der Waals surface area (Å²) < 4.78 is 7.89. The van der Waals surface area contributed by atoms with Crippen LogP contribution in [0, 0.1) is 5.41 Å². The van der Waals surface area contributed by atoms with Gasteiger partial charge in [-0.25, -0.2) is 9.48 Å². The summed E-state index contributed by atoms with van der Waals surface area (Å²) in [6, 6.07) is 12.8. The number of benzene rings is 1. The van der Waals surface area contributed by atoms with Crippen molar-refractivity contribution in [1.29, 1.82) is 0 Å². The lowest BCUT2D eigenvalue weighted by atomic mass is 9.67. The monoisotopic (exact) mass is 564 g/mol. The van der Waals surface area contributed by atoms with Gasteiger partial charge >= 0.3 is 5.97 Å². The number of hydrogen-bond acceptors (Lipinski definition) is 9. The molecule has 4 aromatic rings. The lowest BCUT2D eigenvalue weighted by Crippen LogP contribution is -2.45. The largest absolute Gasteiger partial charge is 0.460 e. The first-order valence-electron chi connectivity index (χ1n) is 13.5. The minimum atomic E-state index is -1.74. The van der Waals surface area contributed by atoms with Gasteiger partial charge < -0.3 is 14.7 Å². The molecule has 3 aromatic heterocycles. The number of nitrogens with zero attached hydrogens (tertiary/aromatic N) is 4. The van der Waals surface area contributed by atoms with Crippen LogP contribution in [0.5, 0.6) is 0 Å². The molecule has 0 atom stereocenters. The molecule has 1 saturated heterocycles. The Morgan fingerprint density at radius 1 is 1.05 bits per heavy atom. The van der Waals surface area contributed by atoms with Crippen molar-refractivity contribution in [3.8, 4) is 0 Å². The molecule has 2 fully saturated rings. The molecule has 10 heteroatoms. The van der Waals surface area contributed by atoms with Crippen LogP contribution in [0.1, 0.15) is 58.6 Å². The van der Waals surface area contributed by atoms with Crippen molar-refractivity contribution in [1.82, 2.24) is 19.9 Å². The second-order valence-corrected chi connectivity index (χ2v) is 12.7. The van der Waals surface area contributed by atoms with Crippen molar-refractivity contribution >= 4 is 46.0 Å². The summed E-state index contributed by atoms with van der Waals surface area (Å²) in [5.41, 5.74) is 0.879. The van der Waals surface area contributed by atoms with Crippen LogP contribution in [0.25, 0.3) is 11.0 Å². The highest BCUT2D eigenvalue weighted by atomic mass is 32.1. The summed E-state index contributed by atoms with van der Waals surface area (Å²) in [6.45, 7) is 3.76. The Bertz CT molecular complexity index is 1380. The molecule has 1 spiro atoms. The third kappa shape index (κ3) is 5.18. The number of ether oxygens (including phenoxy) is 1. The maximum atomic E-state index is 13.3. The molecule has 8 nitrogen and oxygen atoms in total. The summed E-state index contributed by atoms with van der Waals surface area (Å²) >= 11 is 2.74. The molecule has 1 N–H and O–H groups in total. The van der Waals surface area contributed by atoms with Crippen LogP contribution in [0.3, 0.4) is 0 Å². The van der Waals surface area contributed by atoms with Crippen molar-refractivity contribution in [2.75, 3.05) is 19.6 Å². The number of aromatic nitrogens is 3. The molecule has 6 rings (SSSR count). The van der Waals surface area contributed by atoms with Crippen molar-refractivity contribution < 1.29 is 19.4 Å². The first kappa shape index (κ1) is 26.3. The van der Waals surface area contributed by atoms with Crippen LogP contribution in [0.4, 0.5) is 0 Å². The summed E-state index contributed by atoms with van der Waals surface area (Å²) in [7, 11) is 0. The Balaban J connectivity index is 1.01. The van der Waals surface area contributed by atoms with E-state index in [1.54, 1.807) is 24.3 Å². The van der Waals surface area contributed by atoms with Crippen LogP contribution >= 0.6 is 22.7 Å². The summed E-state index contributed by atoms with van der Waals surface area (Å²) in [4.78, 5) is 28.0. The van der Waals surface area contributed by atoms with Crippen molar-refractivity contribution in [3.05, 3.63) is 68.5 Å².